The van der Waals surface area contributed by atoms with Crippen molar-refractivity contribution in [2.45, 2.75) is 50.0 Å². The zero-order valence-electron chi connectivity index (χ0n) is 11.3. The molecule has 110 valence electrons. The number of aryl methyl sites for hydroxylation is 1. The van der Waals surface area contributed by atoms with Crippen molar-refractivity contribution < 1.29 is 13.3 Å². The first-order chi connectivity index (χ1) is 9.40. The minimum Gasteiger partial charge on any atom is -0.258 e. The molecule has 0 amide bonds. The predicted octanol–water partition coefficient (Wildman–Crippen LogP) is 2.51. The molecule has 1 aliphatic rings. The Balaban J connectivity index is 2.24. The van der Waals surface area contributed by atoms with Crippen LogP contribution < -0.4 is 4.72 Å². The van der Waals surface area contributed by atoms with Gasteiger partial charge in [0.05, 0.1) is 9.82 Å². The average Bonchev–Trinajstić information content (AvgIpc) is 2.39. The lowest BCUT2D eigenvalue weighted by Crippen LogP contribution is -2.36. The second-order valence-electron chi connectivity index (χ2n) is 5.16. The van der Waals surface area contributed by atoms with Crippen molar-refractivity contribution in [2.75, 3.05) is 0 Å². The maximum atomic E-state index is 12.3. The summed E-state index contributed by atoms with van der Waals surface area (Å²) in [6.45, 7) is 1.59. The Morgan fingerprint density at radius 3 is 2.50 bits per heavy atom. The highest BCUT2D eigenvalue weighted by Crippen LogP contribution is 2.24. The normalized spacial score (nSPS) is 17.1. The third-order valence-electron chi connectivity index (χ3n) is 3.61. The molecule has 1 N–H and O–H groups in total. The molecule has 1 saturated carbocycles. The lowest BCUT2D eigenvalue weighted by Gasteiger charge is -2.22. The van der Waals surface area contributed by atoms with Crippen molar-refractivity contribution in [3.05, 3.63) is 33.9 Å². The van der Waals surface area contributed by atoms with Crippen molar-refractivity contribution in [2.24, 2.45) is 0 Å². The molecule has 0 aromatic heterocycles. The van der Waals surface area contributed by atoms with Gasteiger partial charge >= 0.3 is 0 Å². The fraction of sp³-hybridized carbons (Fsp3) is 0.538. The first kappa shape index (κ1) is 14.9. The number of hydrogen-bond acceptors (Lipinski definition) is 4. The van der Waals surface area contributed by atoms with E-state index in [0.717, 1.165) is 38.2 Å². The third-order valence-corrected chi connectivity index (χ3v) is 5.13. The summed E-state index contributed by atoms with van der Waals surface area (Å²) in [5.74, 6) is 0. The van der Waals surface area contributed by atoms with E-state index in [-0.39, 0.29) is 16.6 Å². The lowest BCUT2D eigenvalue weighted by molar-refractivity contribution is -0.385. The van der Waals surface area contributed by atoms with Gasteiger partial charge in [0.1, 0.15) is 0 Å². The Labute approximate surface area is 118 Å². The van der Waals surface area contributed by atoms with Gasteiger partial charge in [-0.15, -0.1) is 0 Å². The molecule has 0 heterocycles. The summed E-state index contributed by atoms with van der Waals surface area (Å²) in [6.07, 6.45) is 4.82. The summed E-state index contributed by atoms with van der Waals surface area (Å²) in [5, 5.41) is 10.9. The van der Waals surface area contributed by atoms with E-state index in [1.165, 1.54) is 12.1 Å². The fourth-order valence-electron chi connectivity index (χ4n) is 2.46. The van der Waals surface area contributed by atoms with E-state index in [4.69, 9.17) is 0 Å². The van der Waals surface area contributed by atoms with Gasteiger partial charge in [-0.2, -0.15) is 0 Å². The van der Waals surface area contributed by atoms with Crippen molar-refractivity contribution in [3.8, 4) is 0 Å². The van der Waals surface area contributed by atoms with E-state index >= 15 is 0 Å². The van der Waals surface area contributed by atoms with Gasteiger partial charge in [-0.1, -0.05) is 25.3 Å². The molecule has 0 radical (unpaired) electrons. The molecule has 0 atom stereocenters. The quantitative estimate of drug-likeness (QED) is 0.683. The van der Waals surface area contributed by atoms with Gasteiger partial charge in [0.15, 0.2) is 0 Å². The maximum Gasteiger partial charge on any atom is 0.273 e. The number of sulfonamides is 1. The number of benzene rings is 1. The molecule has 7 heteroatoms. The molecule has 0 saturated heterocycles. The lowest BCUT2D eigenvalue weighted by atomic mass is 9.96. The molecule has 20 heavy (non-hydrogen) atoms. The fourth-order valence-corrected chi connectivity index (χ4v) is 3.79. The van der Waals surface area contributed by atoms with Gasteiger partial charge in [-0.3, -0.25) is 10.1 Å². The van der Waals surface area contributed by atoms with Crippen LogP contribution in [0.2, 0.25) is 0 Å². The minimum atomic E-state index is -3.69. The summed E-state index contributed by atoms with van der Waals surface area (Å²) in [5.41, 5.74) is 0.281. The maximum absolute atomic E-state index is 12.3. The van der Waals surface area contributed by atoms with Crippen molar-refractivity contribution >= 4 is 15.7 Å². The molecule has 2 rings (SSSR count). The Bertz CT molecular complexity index is 607. The Morgan fingerprint density at radius 1 is 1.25 bits per heavy atom. The van der Waals surface area contributed by atoms with Crippen LogP contribution in [0.3, 0.4) is 0 Å². The standard InChI is InChI=1S/C13H18N2O4S/c1-10-7-8-12(9-13(10)15(16)17)20(18,19)14-11-5-3-2-4-6-11/h7-9,11,14H,2-6H2,1H3. The zero-order valence-corrected chi connectivity index (χ0v) is 12.1. The van der Waals surface area contributed by atoms with Crippen molar-refractivity contribution in [3.63, 3.8) is 0 Å². The summed E-state index contributed by atoms with van der Waals surface area (Å²) in [6, 6.07) is 3.94. The van der Waals surface area contributed by atoms with E-state index in [1.54, 1.807) is 6.92 Å². The molecule has 6 nitrogen and oxygen atoms in total. The molecule has 0 unspecified atom stereocenters. The summed E-state index contributed by atoms with van der Waals surface area (Å²) in [4.78, 5) is 10.3. The first-order valence-corrected chi connectivity index (χ1v) is 8.16. The van der Waals surface area contributed by atoms with E-state index in [9.17, 15) is 18.5 Å². The van der Waals surface area contributed by atoms with Crippen LogP contribution in [0.5, 0.6) is 0 Å². The Hall–Kier alpha value is -1.47. The number of nitro benzene ring substituents is 1. The second-order valence-corrected chi connectivity index (χ2v) is 6.88. The SMILES string of the molecule is Cc1ccc(S(=O)(=O)NC2CCCCC2)cc1[N+](=O)[O-]. The van der Waals surface area contributed by atoms with Crippen LogP contribution in [0.1, 0.15) is 37.7 Å². The first-order valence-electron chi connectivity index (χ1n) is 6.67. The Kier molecular flexibility index (Phi) is 4.39. The number of nitrogens with one attached hydrogen (secondary N) is 1. The van der Waals surface area contributed by atoms with Crippen LogP contribution in [0, 0.1) is 17.0 Å². The molecule has 1 fully saturated rings. The highest BCUT2D eigenvalue weighted by molar-refractivity contribution is 7.89. The molecule has 1 aromatic rings. The molecule has 0 spiro atoms. The van der Waals surface area contributed by atoms with Gasteiger partial charge in [0.2, 0.25) is 10.0 Å². The molecule has 0 aliphatic heterocycles. The number of nitrogens with zero attached hydrogens (tertiary/aromatic N) is 1. The van der Waals surface area contributed by atoms with Crippen molar-refractivity contribution in [1.29, 1.82) is 0 Å². The average molecular weight is 298 g/mol. The van der Waals surface area contributed by atoms with Crippen LogP contribution in [0.15, 0.2) is 23.1 Å². The largest absolute Gasteiger partial charge is 0.273 e. The molecular weight excluding hydrogens is 280 g/mol. The second kappa shape index (κ2) is 5.88. The monoisotopic (exact) mass is 298 g/mol. The van der Waals surface area contributed by atoms with Crippen LogP contribution in [-0.4, -0.2) is 19.4 Å². The van der Waals surface area contributed by atoms with Crippen LogP contribution >= 0.6 is 0 Å². The van der Waals surface area contributed by atoms with Gasteiger partial charge in [0.25, 0.3) is 5.69 Å². The van der Waals surface area contributed by atoms with Gasteiger partial charge in [-0.25, -0.2) is 13.1 Å². The van der Waals surface area contributed by atoms with E-state index < -0.39 is 14.9 Å². The highest BCUT2D eigenvalue weighted by Gasteiger charge is 2.24. The molecular formula is C13H18N2O4S. The van der Waals surface area contributed by atoms with Gasteiger partial charge in [0, 0.05) is 17.7 Å². The van der Waals surface area contributed by atoms with Crippen LogP contribution in [0.4, 0.5) is 5.69 Å². The number of nitro groups is 1. The minimum absolute atomic E-state index is 0.0413. The Morgan fingerprint density at radius 2 is 1.90 bits per heavy atom. The highest BCUT2D eigenvalue weighted by atomic mass is 32.2. The summed E-state index contributed by atoms with van der Waals surface area (Å²) in [7, 11) is -3.69. The zero-order chi connectivity index (χ0) is 14.8. The summed E-state index contributed by atoms with van der Waals surface area (Å²) < 4.78 is 27.2. The van der Waals surface area contributed by atoms with Gasteiger partial charge < -0.3 is 0 Å². The molecule has 0 bridgehead atoms. The topological polar surface area (TPSA) is 89.3 Å². The van der Waals surface area contributed by atoms with Crippen LogP contribution in [-0.2, 0) is 10.0 Å². The van der Waals surface area contributed by atoms with Crippen molar-refractivity contribution in [1.82, 2.24) is 4.72 Å². The van der Waals surface area contributed by atoms with Gasteiger partial charge in [-0.05, 0) is 25.8 Å². The predicted molar refractivity (Wildman–Crippen MR) is 75.0 cm³/mol. The summed E-state index contributed by atoms with van der Waals surface area (Å²) >= 11 is 0. The number of hydrogen-bond donors (Lipinski definition) is 1. The molecule has 1 aliphatic carbocycles. The number of rotatable bonds is 4. The molecule has 1 aromatic carbocycles. The smallest absolute Gasteiger partial charge is 0.258 e. The van der Waals surface area contributed by atoms with E-state index in [0.29, 0.717) is 5.56 Å². The van der Waals surface area contributed by atoms with E-state index in [1.807, 2.05) is 0 Å². The van der Waals surface area contributed by atoms with E-state index in [2.05, 4.69) is 4.72 Å². The van der Waals surface area contributed by atoms with Crippen LogP contribution in [0.25, 0.3) is 0 Å². The third kappa shape index (κ3) is 3.34.